The highest BCUT2D eigenvalue weighted by Crippen LogP contribution is 2.14. The molecular formula is C13H26N2O. The average molecular weight is 226 g/mol. The molecule has 0 saturated carbocycles. The van der Waals surface area contributed by atoms with Crippen molar-refractivity contribution in [2.75, 3.05) is 33.5 Å². The van der Waals surface area contributed by atoms with E-state index in [0.717, 1.165) is 18.8 Å². The van der Waals surface area contributed by atoms with Crippen LogP contribution in [0, 0.1) is 0 Å². The monoisotopic (exact) mass is 226 g/mol. The van der Waals surface area contributed by atoms with Crippen molar-refractivity contribution in [1.82, 2.24) is 9.80 Å². The first-order chi connectivity index (χ1) is 7.41. The molecule has 94 valence electrons. The third kappa shape index (κ3) is 4.14. The zero-order chi connectivity index (χ0) is 12.2. The lowest BCUT2D eigenvalue weighted by molar-refractivity contribution is 0.00351. The minimum absolute atomic E-state index is 0.162. The fourth-order valence-corrected chi connectivity index (χ4v) is 1.62. The second-order valence-corrected chi connectivity index (χ2v) is 5.61. The number of hydrogen-bond donors (Lipinski definition) is 0. The fraction of sp³-hybridized carbons (Fsp3) is 0.846. The summed E-state index contributed by atoms with van der Waals surface area (Å²) in [5.41, 5.74) is 1.29. The molecule has 0 bridgehead atoms. The fourth-order valence-electron chi connectivity index (χ4n) is 1.62. The quantitative estimate of drug-likeness (QED) is 0.669. The molecule has 3 heteroatoms. The van der Waals surface area contributed by atoms with E-state index < -0.39 is 0 Å². The van der Waals surface area contributed by atoms with E-state index in [0.29, 0.717) is 13.3 Å². The van der Waals surface area contributed by atoms with Crippen molar-refractivity contribution >= 4 is 0 Å². The number of likely N-dealkylation sites (tertiary alicyclic amines) is 1. The van der Waals surface area contributed by atoms with Crippen LogP contribution in [0.4, 0.5) is 0 Å². The molecule has 16 heavy (non-hydrogen) atoms. The van der Waals surface area contributed by atoms with Crippen molar-refractivity contribution in [3.05, 3.63) is 12.3 Å². The van der Waals surface area contributed by atoms with E-state index in [4.69, 9.17) is 4.74 Å². The van der Waals surface area contributed by atoms with Gasteiger partial charge in [-0.25, -0.2) is 0 Å². The second kappa shape index (κ2) is 5.69. The van der Waals surface area contributed by atoms with Crippen LogP contribution in [0.2, 0.25) is 0 Å². The van der Waals surface area contributed by atoms with E-state index in [1.807, 2.05) is 0 Å². The van der Waals surface area contributed by atoms with E-state index in [2.05, 4.69) is 44.2 Å². The van der Waals surface area contributed by atoms with E-state index in [9.17, 15) is 0 Å². The lowest BCUT2D eigenvalue weighted by atomic mass is 10.1. The summed E-state index contributed by atoms with van der Waals surface area (Å²) in [6.07, 6.45) is 2.59. The molecule has 0 amide bonds. The van der Waals surface area contributed by atoms with Crippen molar-refractivity contribution in [1.29, 1.82) is 0 Å². The number of ether oxygens (including phenoxy) is 1. The Bertz CT molecular complexity index is 227. The van der Waals surface area contributed by atoms with Crippen LogP contribution < -0.4 is 0 Å². The van der Waals surface area contributed by atoms with Gasteiger partial charge in [0.15, 0.2) is 0 Å². The molecule has 0 aromatic heterocycles. The first-order valence-electron chi connectivity index (χ1n) is 6.13. The minimum Gasteiger partial charge on any atom is -0.373 e. The maximum absolute atomic E-state index is 5.68. The van der Waals surface area contributed by atoms with E-state index in [-0.39, 0.29) is 5.54 Å². The highest BCUT2D eigenvalue weighted by atomic mass is 16.5. The first kappa shape index (κ1) is 13.5. The van der Waals surface area contributed by atoms with Crippen LogP contribution >= 0.6 is 0 Å². The van der Waals surface area contributed by atoms with Gasteiger partial charge in [0.2, 0.25) is 0 Å². The maximum Gasteiger partial charge on any atom is 0.0997 e. The van der Waals surface area contributed by atoms with Crippen LogP contribution in [0.5, 0.6) is 0 Å². The average Bonchev–Trinajstić information content (AvgIpc) is 2.68. The molecule has 1 saturated heterocycles. The molecule has 0 spiro atoms. The normalized spacial score (nSPS) is 17.2. The molecule has 1 aliphatic heterocycles. The topological polar surface area (TPSA) is 15.7 Å². The van der Waals surface area contributed by atoms with Gasteiger partial charge in [0.1, 0.15) is 0 Å². The van der Waals surface area contributed by atoms with Crippen molar-refractivity contribution in [2.24, 2.45) is 0 Å². The largest absolute Gasteiger partial charge is 0.373 e. The number of rotatable bonds is 5. The minimum atomic E-state index is 0.162. The predicted octanol–water partition coefficient (Wildman–Crippen LogP) is 2.30. The highest BCUT2D eigenvalue weighted by molar-refractivity contribution is 4.96. The van der Waals surface area contributed by atoms with Gasteiger partial charge in [0, 0.05) is 24.3 Å². The van der Waals surface area contributed by atoms with E-state index >= 15 is 0 Å². The Morgan fingerprint density at radius 1 is 1.31 bits per heavy atom. The summed E-state index contributed by atoms with van der Waals surface area (Å²) in [5, 5.41) is 0. The van der Waals surface area contributed by atoms with Crippen molar-refractivity contribution in [3.63, 3.8) is 0 Å². The summed E-state index contributed by atoms with van der Waals surface area (Å²) in [6.45, 7) is 14.3. The second-order valence-electron chi connectivity index (χ2n) is 5.61. The van der Waals surface area contributed by atoms with Gasteiger partial charge >= 0.3 is 0 Å². The molecule has 0 aromatic rings. The third-order valence-electron chi connectivity index (χ3n) is 3.25. The smallest absolute Gasteiger partial charge is 0.0997 e. The lowest BCUT2D eigenvalue weighted by Gasteiger charge is -2.31. The Labute approximate surface area is 100 Å². The first-order valence-corrected chi connectivity index (χ1v) is 6.13. The standard InChI is InChI=1S/C13H26N2O/c1-12(15-8-6-7-9-15)10-16-11-14(5)13(2,3)4/h1,6-11H2,2-5H3. The molecule has 0 unspecified atom stereocenters. The highest BCUT2D eigenvalue weighted by Gasteiger charge is 2.17. The summed E-state index contributed by atoms with van der Waals surface area (Å²) in [7, 11) is 2.08. The van der Waals surface area contributed by atoms with Gasteiger partial charge in [-0.3, -0.25) is 4.90 Å². The molecule has 0 aromatic carbocycles. The summed E-state index contributed by atoms with van der Waals surface area (Å²) >= 11 is 0. The molecule has 1 fully saturated rings. The zero-order valence-corrected chi connectivity index (χ0v) is 11.3. The Hall–Kier alpha value is -0.540. The van der Waals surface area contributed by atoms with Gasteiger partial charge in [0.25, 0.3) is 0 Å². The Morgan fingerprint density at radius 3 is 2.38 bits per heavy atom. The van der Waals surface area contributed by atoms with Gasteiger partial charge in [-0.1, -0.05) is 6.58 Å². The molecule has 1 rings (SSSR count). The van der Waals surface area contributed by atoms with Gasteiger partial charge < -0.3 is 9.64 Å². The van der Waals surface area contributed by atoms with Gasteiger partial charge in [-0.15, -0.1) is 0 Å². The van der Waals surface area contributed by atoms with Crippen LogP contribution in [-0.4, -0.2) is 48.8 Å². The maximum atomic E-state index is 5.68. The molecule has 0 radical (unpaired) electrons. The Kier molecular flexibility index (Phi) is 4.81. The number of nitrogens with zero attached hydrogens (tertiary/aromatic N) is 2. The molecule has 0 aliphatic carbocycles. The van der Waals surface area contributed by atoms with Gasteiger partial charge in [-0.2, -0.15) is 0 Å². The molecular weight excluding hydrogens is 200 g/mol. The van der Waals surface area contributed by atoms with Crippen LogP contribution in [-0.2, 0) is 4.74 Å². The number of hydrogen-bond acceptors (Lipinski definition) is 3. The van der Waals surface area contributed by atoms with Crippen molar-refractivity contribution in [2.45, 2.75) is 39.2 Å². The summed E-state index contributed by atoms with van der Waals surface area (Å²) in [4.78, 5) is 4.53. The molecule has 1 aliphatic rings. The van der Waals surface area contributed by atoms with E-state index in [1.165, 1.54) is 12.8 Å². The molecule has 0 atom stereocenters. The zero-order valence-electron chi connectivity index (χ0n) is 11.3. The van der Waals surface area contributed by atoms with Crippen molar-refractivity contribution < 1.29 is 4.74 Å². The molecule has 0 N–H and O–H groups in total. The summed E-state index contributed by atoms with van der Waals surface area (Å²) in [5.74, 6) is 0. The summed E-state index contributed by atoms with van der Waals surface area (Å²) < 4.78 is 5.68. The Balaban J connectivity index is 2.17. The summed E-state index contributed by atoms with van der Waals surface area (Å²) in [6, 6.07) is 0. The van der Waals surface area contributed by atoms with Crippen LogP contribution in [0.1, 0.15) is 33.6 Å². The van der Waals surface area contributed by atoms with Crippen molar-refractivity contribution in [3.8, 4) is 0 Å². The predicted molar refractivity (Wildman–Crippen MR) is 68.3 cm³/mol. The van der Waals surface area contributed by atoms with Gasteiger partial charge in [-0.05, 0) is 40.7 Å². The Morgan fingerprint density at radius 2 is 1.88 bits per heavy atom. The SMILES string of the molecule is C=C(COCN(C)C(C)(C)C)N1CCCC1. The molecule has 3 nitrogen and oxygen atoms in total. The lowest BCUT2D eigenvalue weighted by Crippen LogP contribution is -2.39. The van der Waals surface area contributed by atoms with E-state index in [1.54, 1.807) is 0 Å². The van der Waals surface area contributed by atoms with Crippen LogP contribution in [0.3, 0.4) is 0 Å². The third-order valence-corrected chi connectivity index (χ3v) is 3.25. The van der Waals surface area contributed by atoms with Gasteiger partial charge in [0.05, 0.1) is 13.3 Å². The molecule has 1 heterocycles. The van der Waals surface area contributed by atoms with Crippen LogP contribution in [0.15, 0.2) is 12.3 Å². The van der Waals surface area contributed by atoms with Crippen LogP contribution in [0.25, 0.3) is 0 Å².